The number of aromatic nitrogens is 1. The first-order chi connectivity index (χ1) is 15.3. The Labute approximate surface area is 182 Å². The molecule has 0 saturated carbocycles. The van der Waals surface area contributed by atoms with Gasteiger partial charge in [0.25, 0.3) is 17.7 Å². The Morgan fingerprint density at radius 1 is 1.03 bits per heavy atom. The average molecular weight is 433 g/mol. The minimum atomic E-state index is -1.13. The Kier molecular flexibility index (Phi) is 5.31. The lowest BCUT2D eigenvalue weighted by molar-refractivity contribution is -0.123. The van der Waals surface area contributed by atoms with E-state index in [1.54, 1.807) is 32.0 Å². The van der Waals surface area contributed by atoms with Crippen molar-refractivity contribution in [1.29, 1.82) is 0 Å². The fraction of sp³-hybridized carbons (Fsp3) is 0.174. The SMILES string of the molecule is Cc1cc(NC(=O)C(C)OC(=O)c2ccc3c(c2)C(=O)N(c2ccccc2C)C3=O)no1. The van der Waals surface area contributed by atoms with E-state index in [-0.39, 0.29) is 22.5 Å². The largest absolute Gasteiger partial charge is 0.449 e. The topological polar surface area (TPSA) is 119 Å². The van der Waals surface area contributed by atoms with Crippen LogP contribution >= 0.6 is 0 Å². The van der Waals surface area contributed by atoms with Gasteiger partial charge in [0.05, 0.1) is 22.4 Å². The minimum Gasteiger partial charge on any atom is -0.449 e. The molecule has 0 spiro atoms. The van der Waals surface area contributed by atoms with E-state index in [1.807, 2.05) is 6.07 Å². The van der Waals surface area contributed by atoms with Crippen molar-refractivity contribution in [2.24, 2.45) is 0 Å². The average Bonchev–Trinajstić information content (AvgIpc) is 3.28. The van der Waals surface area contributed by atoms with E-state index >= 15 is 0 Å². The van der Waals surface area contributed by atoms with Crippen LogP contribution in [0.3, 0.4) is 0 Å². The number of imide groups is 1. The van der Waals surface area contributed by atoms with Crippen molar-refractivity contribution in [2.75, 3.05) is 10.2 Å². The Morgan fingerprint density at radius 2 is 1.75 bits per heavy atom. The van der Waals surface area contributed by atoms with E-state index < -0.39 is 29.8 Å². The fourth-order valence-corrected chi connectivity index (χ4v) is 3.34. The quantitative estimate of drug-likeness (QED) is 0.484. The summed E-state index contributed by atoms with van der Waals surface area (Å²) in [6.07, 6.45) is -1.13. The molecule has 0 aliphatic carbocycles. The van der Waals surface area contributed by atoms with Gasteiger partial charge >= 0.3 is 5.97 Å². The van der Waals surface area contributed by atoms with Crippen molar-refractivity contribution in [3.8, 4) is 0 Å². The lowest BCUT2D eigenvalue weighted by Crippen LogP contribution is -2.30. The zero-order valence-corrected chi connectivity index (χ0v) is 17.5. The molecule has 1 aliphatic heterocycles. The molecule has 2 aromatic carbocycles. The highest BCUT2D eigenvalue weighted by molar-refractivity contribution is 6.35. The first-order valence-electron chi connectivity index (χ1n) is 9.80. The molecule has 1 N–H and O–H groups in total. The van der Waals surface area contributed by atoms with Crippen LogP contribution in [0, 0.1) is 13.8 Å². The third kappa shape index (κ3) is 3.76. The number of amides is 3. The summed E-state index contributed by atoms with van der Waals surface area (Å²) in [6.45, 7) is 4.88. The van der Waals surface area contributed by atoms with Gasteiger partial charge in [-0.15, -0.1) is 0 Å². The number of nitrogens with one attached hydrogen (secondary N) is 1. The molecule has 1 aliphatic rings. The highest BCUT2D eigenvalue weighted by Crippen LogP contribution is 2.31. The second kappa shape index (κ2) is 8.10. The van der Waals surface area contributed by atoms with Gasteiger partial charge in [-0.1, -0.05) is 23.4 Å². The first-order valence-corrected chi connectivity index (χ1v) is 9.80. The highest BCUT2D eigenvalue weighted by atomic mass is 16.5. The molecule has 162 valence electrons. The maximum absolute atomic E-state index is 12.9. The normalized spacial score (nSPS) is 13.7. The van der Waals surface area contributed by atoms with Gasteiger partial charge in [-0.25, -0.2) is 9.69 Å². The number of nitrogens with zero attached hydrogens (tertiary/aromatic N) is 2. The predicted octanol–water partition coefficient (Wildman–Crippen LogP) is 3.28. The van der Waals surface area contributed by atoms with Gasteiger partial charge in [-0.05, 0) is 50.6 Å². The predicted molar refractivity (Wildman–Crippen MR) is 114 cm³/mol. The first kappa shape index (κ1) is 21.0. The summed E-state index contributed by atoms with van der Waals surface area (Å²) in [4.78, 5) is 51.6. The van der Waals surface area contributed by atoms with Crippen LogP contribution in [0.4, 0.5) is 11.5 Å². The molecular formula is C23H19N3O6. The summed E-state index contributed by atoms with van der Waals surface area (Å²) in [5.41, 5.74) is 1.60. The molecule has 1 aromatic heterocycles. The number of benzene rings is 2. The molecule has 9 heteroatoms. The van der Waals surface area contributed by atoms with Crippen LogP contribution < -0.4 is 10.2 Å². The lowest BCUT2D eigenvalue weighted by atomic mass is 10.1. The van der Waals surface area contributed by atoms with Gasteiger partial charge in [0.1, 0.15) is 5.76 Å². The summed E-state index contributed by atoms with van der Waals surface area (Å²) in [7, 11) is 0. The Morgan fingerprint density at radius 3 is 2.44 bits per heavy atom. The lowest BCUT2D eigenvalue weighted by Gasteiger charge is -2.16. The summed E-state index contributed by atoms with van der Waals surface area (Å²) in [6, 6.07) is 12.7. The van der Waals surface area contributed by atoms with Crippen molar-refractivity contribution in [3.05, 3.63) is 76.5 Å². The Bertz CT molecular complexity index is 1260. The number of rotatable bonds is 5. The van der Waals surface area contributed by atoms with Crippen molar-refractivity contribution < 1.29 is 28.4 Å². The van der Waals surface area contributed by atoms with Crippen molar-refractivity contribution in [3.63, 3.8) is 0 Å². The second-order valence-electron chi connectivity index (χ2n) is 7.35. The third-order valence-corrected chi connectivity index (χ3v) is 5.01. The minimum absolute atomic E-state index is 0.0495. The van der Waals surface area contributed by atoms with E-state index in [0.29, 0.717) is 11.4 Å². The molecule has 3 aromatic rings. The standard InChI is InChI=1S/C23H19N3O6/c1-12-6-4-5-7-18(12)26-21(28)16-9-8-15(11-17(16)22(26)29)23(30)31-14(3)20(27)24-19-10-13(2)32-25-19/h4-11,14H,1-3H3,(H,24,25,27). The van der Waals surface area contributed by atoms with Crippen LogP contribution in [0.1, 0.15) is 49.3 Å². The summed E-state index contributed by atoms with van der Waals surface area (Å²) in [5, 5.41) is 6.12. The number of hydrogen-bond donors (Lipinski definition) is 1. The monoisotopic (exact) mass is 433 g/mol. The van der Waals surface area contributed by atoms with Crippen molar-refractivity contribution >= 4 is 35.2 Å². The van der Waals surface area contributed by atoms with Crippen LogP contribution in [0.15, 0.2) is 53.1 Å². The zero-order valence-electron chi connectivity index (χ0n) is 17.5. The van der Waals surface area contributed by atoms with Gasteiger partial charge in [0, 0.05) is 6.07 Å². The molecule has 0 radical (unpaired) electrons. The number of para-hydroxylation sites is 1. The molecule has 2 heterocycles. The maximum atomic E-state index is 12.9. The number of carbonyl (C=O) groups excluding carboxylic acids is 4. The zero-order chi connectivity index (χ0) is 23.0. The number of anilines is 2. The van der Waals surface area contributed by atoms with Gasteiger partial charge < -0.3 is 14.6 Å². The molecule has 32 heavy (non-hydrogen) atoms. The number of ether oxygens (including phenoxy) is 1. The molecule has 4 rings (SSSR count). The van der Waals surface area contributed by atoms with E-state index in [1.165, 1.54) is 31.2 Å². The molecular weight excluding hydrogens is 414 g/mol. The van der Waals surface area contributed by atoms with E-state index in [9.17, 15) is 19.2 Å². The van der Waals surface area contributed by atoms with Gasteiger partial charge in [-0.2, -0.15) is 0 Å². The summed E-state index contributed by atoms with van der Waals surface area (Å²) in [5.74, 6) is -1.67. The molecule has 3 amide bonds. The molecule has 0 fully saturated rings. The highest BCUT2D eigenvalue weighted by Gasteiger charge is 2.38. The van der Waals surface area contributed by atoms with Crippen LogP contribution in [0.25, 0.3) is 0 Å². The number of hydrogen-bond acceptors (Lipinski definition) is 7. The van der Waals surface area contributed by atoms with E-state index in [0.717, 1.165) is 10.5 Å². The molecule has 0 saturated heterocycles. The van der Waals surface area contributed by atoms with Crippen molar-refractivity contribution in [1.82, 2.24) is 5.16 Å². The van der Waals surface area contributed by atoms with Crippen LogP contribution in [0.5, 0.6) is 0 Å². The Hall–Kier alpha value is -4.27. The van der Waals surface area contributed by atoms with Crippen LogP contribution in [-0.2, 0) is 9.53 Å². The van der Waals surface area contributed by atoms with Gasteiger partial charge in [0.2, 0.25) is 0 Å². The fourth-order valence-electron chi connectivity index (χ4n) is 3.34. The van der Waals surface area contributed by atoms with Crippen molar-refractivity contribution in [2.45, 2.75) is 26.9 Å². The molecule has 1 unspecified atom stereocenters. The smallest absolute Gasteiger partial charge is 0.338 e. The number of esters is 1. The number of carbonyl (C=O) groups is 4. The third-order valence-electron chi connectivity index (χ3n) is 5.01. The molecule has 9 nitrogen and oxygen atoms in total. The number of aryl methyl sites for hydroxylation is 2. The number of fused-ring (bicyclic) bond motifs is 1. The van der Waals surface area contributed by atoms with E-state index in [4.69, 9.17) is 9.26 Å². The van der Waals surface area contributed by atoms with Gasteiger partial charge in [0.15, 0.2) is 11.9 Å². The van der Waals surface area contributed by atoms with E-state index in [2.05, 4.69) is 10.5 Å². The second-order valence-corrected chi connectivity index (χ2v) is 7.35. The van der Waals surface area contributed by atoms with Crippen LogP contribution in [0.2, 0.25) is 0 Å². The van der Waals surface area contributed by atoms with Crippen LogP contribution in [-0.4, -0.2) is 35.0 Å². The van der Waals surface area contributed by atoms with Gasteiger partial charge in [-0.3, -0.25) is 14.4 Å². The summed E-state index contributed by atoms with van der Waals surface area (Å²) >= 11 is 0. The Balaban J connectivity index is 1.51. The molecule has 0 bridgehead atoms. The molecule has 1 atom stereocenters. The maximum Gasteiger partial charge on any atom is 0.338 e. The summed E-state index contributed by atoms with van der Waals surface area (Å²) < 4.78 is 10.1.